The fourth-order valence-corrected chi connectivity index (χ4v) is 5.76. The van der Waals surface area contributed by atoms with Crippen LogP contribution in [-0.4, -0.2) is 37.0 Å². The summed E-state index contributed by atoms with van der Waals surface area (Å²) < 4.78 is 5.01. The van der Waals surface area contributed by atoms with Crippen molar-refractivity contribution >= 4 is 29.2 Å². The Labute approximate surface area is 180 Å². The normalized spacial score (nSPS) is 28.2. The lowest BCUT2D eigenvalue weighted by molar-refractivity contribution is -0.947. The Morgan fingerprint density at radius 3 is 2.74 bits per heavy atom. The number of hydrogen-bond donors (Lipinski definition) is 3. The van der Waals surface area contributed by atoms with Crippen molar-refractivity contribution in [1.82, 2.24) is 0 Å². The van der Waals surface area contributed by atoms with E-state index in [9.17, 15) is 14.4 Å². The average Bonchev–Trinajstić information content (AvgIpc) is 3.43. The summed E-state index contributed by atoms with van der Waals surface area (Å²) in [5.74, 6) is -1.08. The van der Waals surface area contributed by atoms with Crippen molar-refractivity contribution in [3.05, 3.63) is 59.7 Å². The van der Waals surface area contributed by atoms with Gasteiger partial charge in [-0.15, -0.1) is 0 Å². The third kappa shape index (κ3) is 2.95. The first-order chi connectivity index (χ1) is 15.1. The molecule has 2 fully saturated rings. The maximum Gasteiger partial charge on any atom is 0.338 e. The molecule has 2 aromatic rings. The zero-order valence-electron chi connectivity index (χ0n) is 17.4. The van der Waals surface area contributed by atoms with E-state index in [4.69, 9.17) is 4.74 Å². The minimum absolute atomic E-state index is 0.0779. The fourth-order valence-electron chi connectivity index (χ4n) is 5.76. The van der Waals surface area contributed by atoms with Crippen molar-refractivity contribution < 1.29 is 24.0 Å². The SMILES string of the molecule is CCOC(=O)c1ccc(NC(=O)[C@H]2C[C@@H]3CCC[NH+]3[C@]23C(=O)Nc2ccccc23)cc1. The molecule has 5 rings (SSSR count). The van der Waals surface area contributed by atoms with E-state index in [1.807, 2.05) is 24.3 Å². The van der Waals surface area contributed by atoms with E-state index in [2.05, 4.69) is 10.6 Å². The summed E-state index contributed by atoms with van der Waals surface area (Å²) in [7, 11) is 0. The first kappa shape index (κ1) is 19.8. The molecule has 0 saturated carbocycles. The molecular weight excluding hydrogens is 394 g/mol. The van der Waals surface area contributed by atoms with Crippen LogP contribution < -0.4 is 15.5 Å². The number of esters is 1. The zero-order valence-corrected chi connectivity index (χ0v) is 17.4. The Hall–Kier alpha value is -3.19. The molecule has 2 aromatic carbocycles. The average molecular weight is 420 g/mol. The maximum atomic E-state index is 13.5. The van der Waals surface area contributed by atoms with Gasteiger partial charge in [-0.25, -0.2) is 4.79 Å². The first-order valence-electron chi connectivity index (χ1n) is 10.9. The van der Waals surface area contributed by atoms with Gasteiger partial charge in [0.2, 0.25) is 11.4 Å². The molecule has 4 atom stereocenters. The van der Waals surface area contributed by atoms with Gasteiger partial charge in [0.25, 0.3) is 5.91 Å². The quantitative estimate of drug-likeness (QED) is 0.657. The zero-order chi connectivity index (χ0) is 21.6. The second-order valence-corrected chi connectivity index (χ2v) is 8.50. The number of para-hydroxylation sites is 1. The molecule has 1 unspecified atom stereocenters. The second kappa shape index (κ2) is 7.50. The van der Waals surface area contributed by atoms with E-state index < -0.39 is 17.4 Å². The molecule has 160 valence electrons. The molecule has 2 saturated heterocycles. The third-order valence-electron chi connectivity index (χ3n) is 6.98. The number of rotatable bonds is 4. The molecule has 3 aliphatic rings. The van der Waals surface area contributed by atoms with Crippen LogP contribution in [-0.2, 0) is 19.9 Å². The van der Waals surface area contributed by atoms with Crippen LogP contribution in [0.3, 0.4) is 0 Å². The lowest BCUT2D eigenvalue weighted by Crippen LogP contribution is -3.19. The van der Waals surface area contributed by atoms with Crippen molar-refractivity contribution in [3.63, 3.8) is 0 Å². The van der Waals surface area contributed by atoms with Gasteiger partial charge >= 0.3 is 5.97 Å². The van der Waals surface area contributed by atoms with E-state index in [0.717, 1.165) is 30.6 Å². The summed E-state index contributed by atoms with van der Waals surface area (Å²) in [6, 6.07) is 14.7. The fraction of sp³-hybridized carbons (Fsp3) is 0.375. The molecule has 0 aromatic heterocycles. The maximum absolute atomic E-state index is 13.5. The van der Waals surface area contributed by atoms with Gasteiger partial charge in [-0.3, -0.25) is 9.59 Å². The monoisotopic (exact) mass is 420 g/mol. The van der Waals surface area contributed by atoms with Crippen LogP contribution in [0.15, 0.2) is 48.5 Å². The van der Waals surface area contributed by atoms with Gasteiger partial charge in [-0.2, -0.15) is 0 Å². The molecular formula is C24H26N3O4+. The van der Waals surface area contributed by atoms with Gasteiger partial charge in [-0.05, 0) is 37.3 Å². The molecule has 0 aliphatic carbocycles. The van der Waals surface area contributed by atoms with Gasteiger partial charge in [0.05, 0.1) is 30.4 Å². The van der Waals surface area contributed by atoms with Crippen LogP contribution >= 0.6 is 0 Å². The number of anilines is 2. The van der Waals surface area contributed by atoms with Gasteiger partial charge in [-0.1, -0.05) is 18.2 Å². The highest BCUT2D eigenvalue weighted by Gasteiger charge is 2.69. The largest absolute Gasteiger partial charge is 0.462 e. The first-order valence-corrected chi connectivity index (χ1v) is 10.9. The van der Waals surface area contributed by atoms with Crippen LogP contribution in [0.25, 0.3) is 0 Å². The van der Waals surface area contributed by atoms with Crippen molar-refractivity contribution in [1.29, 1.82) is 0 Å². The molecule has 31 heavy (non-hydrogen) atoms. The van der Waals surface area contributed by atoms with Gasteiger partial charge in [0, 0.05) is 30.5 Å². The Bertz CT molecular complexity index is 1050. The molecule has 0 bridgehead atoms. The van der Waals surface area contributed by atoms with Crippen molar-refractivity contribution in [2.24, 2.45) is 5.92 Å². The summed E-state index contributed by atoms with van der Waals surface area (Å²) in [6.07, 6.45) is 2.79. The standard InChI is InChI=1S/C24H25N3O4/c1-2-31-22(29)15-9-11-16(12-10-15)25-21(28)19-14-17-6-5-13-27(17)24(19)18-7-3-4-8-20(18)26-23(24)30/h3-4,7-12,17,19H,2,5-6,13-14H2,1H3,(H,25,28)(H,26,30)/p+1/t17-,19+,24-/m0/s1. The van der Waals surface area contributed by atoms with Gasteiger partial charge in [0.1, 0.15) is 5.92 Å². The van der Waals surface area contributed by atoms with E-state index in [1.165, 1.54) is 4.90 Å². The van der Waals surface area contributed by atoms with Crippen molar-refractivity contribution in [3.8, 4) is 0 Å². The highest BCUT2D eigenvalue weighted by atomic mass is 16.5. The second-order valence-electron chi connectivity index (χ2n) is 8.50. The number of hydrogen-bond acceptors (Lipinski definition) is 4. The lowest BCUT2D eigenvalue weighted by Gasteiger charge is -2.33. The number of carbonyl (C=O) groups is 3. The van der Waals surface area contributed by atoms with E-state index >= 15 is 0 Å². The number of nitrogens with one attached hydrogen (secondary N) is 3. The number of benzene rings is 2. The number of quaternary nitrogens is 1. The smallest absolute Gasteiger partial charge is 0.338 e. The molecule has 3 aliphatic heterocycles. The topological polar surface area (TPSA) is 88.9 Å². The van der Waals surface area contributed by atoms with E-state index in [-0.39, 0.29) is 11.8 Å². The van der Waals surface area contributed by atoms with Crippen molar-refractivity contribution in [2.45, 2.75) is 37.8 Å². The molecule has 7 heteroatoms. The number of carbonyl (C=O) groups excluding carboxylic acids is 3. The summed E-state index contributed by atoms with van der Waals surface area (Å²) in [5, 5.41) is 6.02. The third-order valence-corrected chi connectivity index (χ3v) is 6.98. The Kier molecular flexibility index (Phi) is 4.78. The van der Waals surface area contributed by atoms with Crippen LogP contribution in [0, 0.1) is 5.92 Å². The highest BCUT2D eigenvalue weighted by Crippen LogP contribution is 2.45. The number of fused-ring (bicyclic) bond motifs is 4. The van der Waals surface area contributed by atoms with E-state index in [0.29, 0.717) is 30.3 Å². The van der Waals surface area contributed by atoms with E-state index in [1.54, 1.807) is 31.2 Å². The number of ether oxygens (including phenoxy) is 1. The van der Waals surface area contributed by atoms with Gasteiger partial charge < -0.3 is 20.3 Å². The summed E-state index contributed by atoms with van der Waals surface area (Å²) >= 11 is 0. The minimum atomic E-state index is -0.882. The Morgan fingerprint density at radius 1 is 1.19 bits per heavy atom. The van der Waals surface area contributed by atoms with Crippen LogP contribution in [0.4, 0.5) is 11.4 Å². The minimum Gasteiger partial charge on any atom is -0.462 e. The summed E-state index contributed by atoms with van der Waals surface area (Å²) in [4.78, 5) is 40.0. The molecule has 7 nitrogen and oxygen atoms in total. The predicted molar refractivity (Wildman–Crippen MR) is 115 cm³/mol. The van der Waals surface area contributed by atoms with Crippen LogP contribution in [0.2, 0.25) is 0 Å². The van der Waals surface area contributed by atoms with Crippen LogP contribution in [0.5, 0.6) is 0 Å². The predicted octanol–water partition coefficient (Wildman–Crippen LogP) is 1.72. The van der Waals surface area contributed by atoms with Crippen LogP contribution in [0.1, 0.15) is 42.1 Å². The lowest BCUT2D eigenvalue weighted by atomic mass is 9.78. The molecule has 3 N–H and O–H groups in total. The van der Waals surface area contributed by atoms with Crippen molar-refractivity contribution in [2.75, 3.05) is 23.8 Å². The highest BCUT2D eigenvalue weighted by molar-refractivity contribution is 6.09. The Balaban J connectivity index is 1.45. The molecule has 2 amide bonds. The Morgan fingerprint density at radius 2 is 1.97 bits per heavy atom. The summed E-state index contributed by atoms with van der Waals surface area (Å²) in [6.45, 7) is 2.96. The number of amides is 2. The molecule has 1 spiro atoms. The molecule has 3 heterocycles. The molecule has 0 radical (unpaired) electrons. The van der Waals surface area contributed by atoms with Gasteiger partial charge in [0.15, 0.2) is 0 Å². The summed E-state index contributed by atoms with van der Waals surface area (Å²) in [5.41, 5.74) is 1.89.